The van der Waals surface area contributed by atoms with E-state index >= 15 is 0 Å². The van der Waals surface area contributed by atoms with Gasteiger partial charge in [0.15, 0.2) is 0 Å². The Hall–Kier alpha value is -1.52. The maximum absolute atomic E-state index is 12.1. The molecule has 2 amide bonds. The van der Waals surface area contributed by atoms with Gasteiger partial charge >= 0.3 is 6.03 Å². The molecule has 0 spiro atoms. The van der Waals surface area contributed by atoms with Crippen LogP contribution in [0.5, 0.6) is 0 Å². The maximum Gasteiger partial charge on any atom is 0.321 e. The van der Waals surface area contributed by atoms with E-state index < -0.39 is 0 Å². The molecule has 0 saturated heterocycles. The van der Waals surface area contributed by atoms with Crippen molar-refractivity contribution in [2.75, 3.05) is 5.32 Å². The molecule has 4 bridgehead atoms. The van der Waals surface area contributed by atoms with Crippen molar-refractivity contribution in [3.05, 3.63) is 12.4 Å². The lowest BCUT2D eigenvalue weighted by Crippen LogP contribution is -2.60. The average Bonchev–Trinajstić information content (AvgIpc) is 2.78. The first-order valence-electron chi connectivity index (χ1n) is 7.29. The van der Waals surface area contributed by atoms with Crippen molar-refractivity contribution < 1.29 is 4.79 Å². The predicted molar refractivity (Wildman–Crippen MR) is 71.6 cm³/mol. The summed E-state index contributed by atoms with van der Waals surface area (Å²) in [5.74, 6) is 3.04. The number of urea groups is 1. The minimum atomic E-state index is -0.114. The summed E-state index contributed by atoms with van der Waals surface area (Å²) in [5, 5.41) is 6.03. The first kappa shape index (κ1) is 11.3. The number of hydrogen-bond donors (Lipinski definition) is 3. The van der Waals surface area contributed by atoms with E-state index in [1.54, 1.807) is 12.4 Å². The molecule has 4 saturated carbocycles. The molecule has 5 nitrogen and oxygen atoms in total. The number of H-pyrrole nitrogens is 1. The quantitative estimate of drug-likeness (QED) is 0.764. The molecule has 1 aromatic rings. The average molecular weight is 260 g/mol. The molecule has 102 valence electrons. The second-order valence-corrected chi connectivity index (χ2v) is 6.71. The van der Waals surface area contributed by atoms with Crippen molar-refractivity contribution in [3.63, 3.8) is 0 Å². The largest absolute Gasteiger partial charge is 0.332 e. The molecule has 0 atom stereocenters. The van der Waals surface area contributed by atoms with Crippen molar-refractivity contribution in [1.82, 2.24) is 15.3 Å². The zero-order valence-electron chi connectivity index (χ0n) is 11.0. The Morgan fingerprint density at radius 1 is 1.21 bits per heavy atom. The lowest BCUT2D eigenvalue weighted by atomic mass is 9.53. The Morgan fingerprint density at radius 2 is 1.84 bits per heavy atom. The molecule has 1 heterocycles. The molecule has 1 aromatic heterocycles. The van der Waals surface area contributed by atoms with Crippen molar-refractivity contribution >= 4 is 12.0 Å². The van der Waals surface area contributed by atoms with Gasteiger partial charge in [0, 0.05) is 17.9 Å². The van der Waals surface area contributed by atoms with Gasteiger partial charge < -0.3 is 10.3 Å². The second-order valence-electron chi connectivity index (χ2n) is 6.71. The SMILES string of the molecule is O=C(Nc1ncc[nH]1)NC12CC3CC(CC(C3)C1)C2. The third-order valence-electron chi connectivity index (χ3n) is 5.15. The van der Waals surface area contributed by atoms with E-state index in [-0.39, 0.29) is 11.6 Å². The number of anilines is 1. The van der Waals surface area contributed by atoms with Crippen molar-refractivity contribution in [3.8, 4) is 0 Å². The zero-order valence-corrected chi connectivity index (χ0v) is 11.0. The second kappa shape index (κ2) is 3.99. The van der Waals surface area contributed by atoms with Gasteiger partial charge in [0.05, 0.1) is 0 Å². The number of carbonyl (C=O) groups is 1. The van der Waals surface area contributed by atoms with Crippen molar-refractivity contribution in [2.45, 2.75) is 44.1 Å². The zero-order chi connectivity index (χ0) is 12.9. The van der Waals surface area contributed by atoms with Crippen LogP contribution in [0.25, 0.3) is 0 Å². The Bertz CT molecular complexity index is 446. The minimum Gasteiger partial charge on any atom is -0.332 e. The lowest BCUT2D eigenvalue weighted by molar-refractivity contribution is -0.0127. The molecule has 4 fully saturated rings. The summed E-state index contributed by atoms with van der Waals surface area (Å²) < 4.78 is 0. The van der Waals surface area contributed by atoms with Crippen LogP contribution >= 0.6 is 0 Å². The molecule has 0 aliphatic heterocycles. The fourth-order valence-electron chi connectivity index (χ4n) is 4.98. The highest BCUT2D eigenvalue weighted by atomic mass is 16.2. The van der Waals surface area contributed by atoms with Gasteiger partial charge in [-0.05, 0) is 56.3 Å². The molecule has 19 heavy (non-hydrogen) atoms. The fourth-order valence-corrected chi connectivity index (χ4v) is 4.98. The Kier molecular flexibility index (Phi) is 2.37. The van der Waals surface area contributed by atoms with Crippen molar-refractivity contribution in [1.29, 1.82) is 0 Å². The summed E-state index contributed by atoms with van der Waals surface area (Å²) >= 11 is 0. The molecule has 5 heteroatoms. The van der Waals surface area contributed by atoms with E-state index in [9.17, 15) is 4.79 Å². The van der Waals surface area contributed by atoms with Crippen LogP contribution < -0.4 is 10.6 Å². The van der Waals surface area contributed by atoms with Crippen LogP contribution in [0.3, 0.4) is 0 Å². The molecule has 4 aliphatic carbocycles. The Balaban J connectivity index is 1.46. The molecule has 5 rings (SSSR count). The standard InChI is InChI=1S/C14H20N4O/c19-13(17-12-15-1-2-16-12)18-14-6-9-3-10(7-14)5-11(4-9)8-14/h1-2,9-11H,3-8H2,(H3,15,16,17,18,19). The number of aromatic amines is 1. The summed E-state index contributed by atoms with van der Waals surface area (Å²) in [6.07, 6.45) is 11.0. The highest BCUT2D eigenvalue weighted by Gasteiger charge is 2.51. The number of nitrogens with zero attached hydrogens (tertiary/aromatic N) is 1. The number of aromatic nitrogens is 2. The van der Waals surface area contributed by atoms with E-state index in [1.165, 1.54) is 38.5 Å². The number of imidazole rings is 1. The molecule has 3 N–H and O–H groups in total. The highest BCUT2D eigenvalue weighted by molar-refractivity contribution is 5.87. The van der Waals surface area contributed by atoms with E-state index in [2.05, 4.69) is 20.6 Å². The Morgan fingerprint density at radius 3 is 2.37 bits per heavy atom. The summed E-state index contributed by atoms with van der Waals surface area (Å²) in [4.78, 5) is 19.0. The molecule has 4 aliphatic rings. The first-order chi connectivity index (χ1) is 9.21. The van der Waals surface area contributed by atoms with Crippen LogP contribution in [-0.2, 0) is 0 Å². The predicted octanol–water partition coefficient (Wildman–Crippen LogP) is 2.50. The van der Waals surface area contributed by atoms with Gasteiger partial charge in [-0.15, -0.1) is 0 Å². The van der Waals surface area contributed by atoms with Gasteiger partial charge in [-0.25, -0.2) is 9.78 Å². The number of amides is 2. The van der Waals surface area contributed by atoms with Gasteiger partial charge in [-0.2, -0.15) is 0 Å². The van der Waals surface area contributed by atoms with Gasteiger partial charge in [-0.3, -0.25) is 5.32 Å². The maximum atomic E-state index is 12.1. The third kappa shape index (κ3) is 2.01. The fraction of sp³-hybridized carbons (Fsp3) is 0.714. The topological polar surface area (TPSA) is 69.8 Å². The minimum absolute atomic E-state index is 0.0609. The van der Waals surface area contributed by atoms with E-state index in [4.69, 9.17) is 0 Å². The third-order valence-corrected chi connectivity index (χ3v) is 5.15. The van der Waals surface area contributed by atoms with Crippen LogP contribution in [0.15, 0.2) is 12.4 Å². The summed E-state index contributed by atoms with van der Waals surface area (Å²) in [6.45, 7) is 0. The van der Waals surface area contributed by atoms with E-state index in [1.807, 2.05) is 0 Å². The van der Waals surface area contributed by atoms with Gasteiger partial charge in [0.25, 0.3) is 0 Å². The van der Waals surface area contributed by atoms with Crippen LogP contribution in [0.1, 0.15) is 38.5 Å². The number of carbonyl (C=O) groups excluding carboxylic acids is 1. The molecule has 0 unspecified atom stereocenters. The molecular weight excluding hydrogens is 240 g/mol. The molecular formula is C14H20N4O. The van der Waals surface area contributed by atoms with Crippen molar-refractivity contribution in [2.24, 2.45) is 17.8 Å². The molecule has 0 radical (unpaired) electrons. The summed E-state index contributed by atoms with van der Waals surface area (Å²) in [6, 6.07) is -0.114. The van der Waals surface area contributed by atoms with E-state index in [0.29, 0.717) is 5.95 Å². The summed E-state index contributed by atoms with van der Waals surface area (Å²) in [5.41, 5.74) is 0.0609. The number of rotatable bonds is 2. The number of hydrogen-bond acceptors (Lipinski definition) is 2. The summed E-state index contributed by atoms with van der Waals surface area (Å²) in [7, 11) is 0. The smallest absolute Gasteiger partial charge is 0.321 e. The Labute approximate surface area is 112 Å². The van der Waals surface area contributed by atoms with Gasteiger partial charge in [-0.1, -0.05) is 0 Å². The monoisotopic (exact) mass is 260 g/mol. The van der Waals surface area contributed by atoms with Gasteiger partial charge in [0.2, 0.25) is 5.95 Å². The normalized spacial score (nSPS) is 39.3. The lowest BCUT2D eigenvalue weighted by Gasteiger charge is -2.56. The number of nitrogens with one attached hydrogen (secondary N) is 3. The van der Waals surface area contributed by atoms with Gasteiger partial charge in [0.1, 0.15) is 0 Å². The molecule has 0 aromatic carbocycles. The van der Waals surface area contributed by atoms with Crippen LogP contribution in [0.2, 0.25) is 0 Å². The van der Waals surface area contributed by atoms with Crippen LogP contribution in [-0.4, -0.2) is 21.5 Å². The van der Waals surface area contributed by atoms with Crippen LogP contribution in [0.4, 0.5) is 10.7 Å². The highest BCUT2D eigenvalue weighted by Crippen LogP contribution is 2.55. The van der Waals surface area contributed by atoms with Crippen LogP contribution in [0, 0.1) is 17.8 Å². The first-order valence-corrected chi connectivity index (χ1v) is 7.29. The van der Waals surface area contributed by atoms with E-state index in [0.717, 1.165) is 17.8 Å².